The molecule has 1 unspecified atom stereocenters. The molecule has 3 aromatic carbocycles. The summed E-state index contributed by atoms with van der Waals surface area (Å²) in [6, 6.07) is 20.3. The van der Waals surface area contributed by atoms with E-state index in [4.69, 9.17) is 9.84 Å². The number of nitrogens with zero attached hydrogens (tertiary/aromatic N) is 3. The molecule has 0 bridgehead atoms. The van der Waals surface area contributed by atoms with Crippen molar-refractivity contribution in [3.63, 3.8) is 0 Å². The van der Waals surface area contributed by atoms with Gasteiger partial charge in [0.05, 0.1) is 12.3 Å². The summed E-state index contributed by atoms with van der Waals surface area (Å²) in [7, 11) is 1.82. The first-order valence-electron chi connectivity index (χ1n) is 11.4. The first kappa shape index (κ1) is 21.2. The zero-order valence-corrected chi connectivity index (χ0v) is 19.0. The maximum atomic E-state index is 12.6. The van der Waals surface area contributed by atoms with Crippen LogP contribution in [0.3, 0.4) is 0 Å². The lowest BCUT2D eigenvalue weighted by Crippen LogP contribution is -2.38. The van der Waals surface area contributed by atoms with Crippen molar-refractivity contribution in [2.45, 2.75) is 26.2 Å². The molecule has 0 saturated heterocycles. The SMILES string of the molecule is CC1CC(=O)N(CCOc2ccc3ccccc3c2)N=C1c1ccc2c(c1)CCC(=O)N2C. The molecule has 2 amide bonds. The average molecular weight is 442 g/mol. The van der Waals surface area contributed by atoms with Crippen molar-refractivity contribution in [1.29, 1.82) is 0 Å². The Bertz CT molecular complexity index is 1270. The van der Waals surface area contributed by atoms with Crippen molar-refractivity contribution < 1.29 is 14.3 Å². The van der Waals surface area contributed by atoms with Crippen molar-refractivity contribution in [2.24, 2.45) is 11.0 Å². The highest BCUT2D eigenvalue weighted by Crippen LogP contribution is 2.30. The number of aryl methyl sites for hydroxylation is 1. The Morgan fingerprint density at radius 3 is 2.64 bits per heavy atom. The topological polar surface area (TPSA) is 62.2 Å². The van der Waals surface area contributed by atoms with Gasteiger partial charge in [-0.3, -0.25) is 9.59 Å². The van der Waals surface area contributed by atoms with Crippen LogP contribution >= 0.6 is 0 Å². The Labute approximate surface area is 193 Å². The van der Waals surface area contributed by atoms with Crippen molar-refractivity contribution in [2.75, 3.05) is 25.1 Å². The Kier molecular flexibility index (Phi) is 5.58. The van der Waals surface area contributed by atoms with Crippen LogP contribution in [0.5, 0.6) is 5.75 Å². The van der Waals surface area contributed by atoms with Gasteiger partial charge in [-0.1, -0.05) is 43.3 Å². The van der Waals surface area contributed by atoms with E-state index in [9.17, 15) is 9.59 Å². The summed E-state index contributed by atoms with van der Waals surface area (Å²) in [5, 5.41) is 8.54. The van der Waals surface area contributed by atoms with Gasteiger partial charge in [0.2, 0.25) is 11.8 Å². The molecule has 0 radical (unpaired) electrons. The zero-order valence-electron chi connectivity index (χ0n) is 19.0. The number of ether oxygens (including phenoxy) is 1. The van der Waals surface area contributed by atoms with Crippen molar-refractivity contribution >= 4 is 34.0 Å². The molecular weight excluding hydrogens is 414 g/mol. The fourth-order valence-corrected chi connectivity index (χ4v) is 4.59. The standard InChI is InChI=1S/C27H27N3O3/c1-18-15-26(32)30(13-14-33-23-10-7-19-5-3-4-6-20(19)17-23)28-27(18)22-8-11-24-21(16-22)9-12-25(31)29(24)2/h3-8,10-11,16-18H,9,12-15H2,1-2H3. The summed E-state index contributed by atoms with van der Waals surface area (Å²) >= 11 is 0. The van der Waals surface area contributed by atoms with Gasteiger partial charge in [0.1, 0.15) is 12.4 Å². The van der Waals surface area contributed by atoms with Gasteiger partial charge >= 0.3 is 0 Å². The summed E-state index contributed by atoms with van der Waals surface area (Å²) in [5.74, 6) is 0.971. The van der Waals surface area contributed by atoms with Gasteiger partial charge in [0.15, 0.2) is 0 Å². The molecule has 2 aliphatic heterocycles. The van der Waals surface area contributed by atoms with Crippen molar-refractivity contribution in [3.8, 4) is 5.75 Å². The van der Waals surface area contributed by atoms with E-state index in [0.29, 0.717) is 26.0 Å². The minimum Gasteiger partial charge on any atom is -0.492 e. The number of carbonyl (C=O) groups is 2. The first-order chi connectivity index (χ1) is 16.0. The number of fused-ring (bicyclic) bond motifs is 2. The van der Waals surface area contributed by atoms with Crippen molar-refractivity contribution in [3.05, 3.63) is 71.8 Å². The highest BCUT2D eigenvalue weighted by atomic mass is 16.5. The normalized spacial score (nSPS) is 18.4. The molecule has 0 saturated carbocycles. The van der Waals surface area contributed by atoms with Crippen molar-refractivity contribution in [1.82, 2.24) is 5.01 Å². The molecule has 168 valence electrons. The number of rotatable bonds is 5. The second-order valence-corrected chi connectivity index (χ2v) is 8.76. The summed E-state index contributed by atoms with van der Waals surface area (Å²) < 4.78 is 5.93. The fourth-order valence-electron chi connectivity index (χ4n) is 4.59. The van der Waals surface area contributed by atoms with Gasteiger partial charge in [0.25, 0.3) is 0 Å². The van der Waals surface area contributed by atoms with Crippen LogP contribution in [-0.2, 0) is 16.0 Å². The van der Waals surface area contributed by atoms with Crippen LogP contribution in [0.4, 0.5) is 5.69 Å². The van der Waals surface area contributed by atoms with Crippen LogP contribution in [0.15, 0.2) is 65.8 Å². The van der Waals surface area contributed by atoms with Gasteiger partial charge in [-0.05, 0) is 52.6 Å². The molecule has 1 atom stereocenters. The van der Waals surface area contributed by atoms with E-state index in [1.54, 1.807) is 4.90 Å². The van der Waals surface area contributed by atoms with Crippen LogP contribution in [0.25, 0.3) is 10.8 Å². The second-order valence-electron chi connectivity index (χ2n) is 8.76. The maximum Gasteiger partial charge on any atom is 0.243 e. The molecule has 2 aliphatic rings. The van der Waals surface area contributed by atoms with Gasteiger partial charge in [-0.25, -0.2) is 5.01 Å². The van der Waals surface area contributed by atoms with Gasteiger partial charge in [-0.2, -0.15) is 5.10 Å². The third kappa shape index (κ3) is 4.21. The summed E-state index contributed by atoms with van der Waals surface area (Å²) in [5.41, 5.74) is 4.02. The first-order valence-corrected chi connectivity index (χ1v) is 11.4. The number of carbonyl (C=O) groups excluding carboxylic acids is 2. The molecule has 0 aromatic heterocycles. The molecule has 0 N–H and O–H groups in total. The molecule has 0 spiro atoms. The maximum absolute atomic E-state index is 12.6. The Hall–Kier alpha value is -3.67. The summed E-state index contributed by atoms with van der Waals surface area (Å²) in [6.07, 6.45) is 1.67. The number of benzene rings is 3. The average Bonchev–Trinajstić information content (AvgIpc) is 2.82. The van der Waals surface area contributed by atoms with E-state index >= 15 is 0 Å². The van der Waals surface area contributed by atoms with Crippen LogP contribution in [0, 0.1) is 5.92 Å². The van der Waals surface area contributed by atoms with E-state index in [1.807, 2.05) is 56.4 Å². The molecule has 5 rings (SSSR count). The van der Waals surface area contributed by atoms with Gasteiger partial charge in [-0.15, -0.1) is 0 Å². The van der Waals surface area contributed by atoms with E-state index in [0.717, 1.165) is 40.1 Å². The predicted octanol–water partition coefficient (Wildman–Crippen LogP) is 4.40. The second kappa shape index (κ2) is 8.70. The highest BCUT2D eigenvalue weighted by molar-refractivity contribution is 6.06. The minimum atomic E-state index is 0.0108. The number of hydrogen-bond donors (Lipinski definition) is 0. The number of amides is 2. The number of anilines is 1. The van der Waals surface area contributed by atoms with Crippen LogP contribution < -0.4 is 9.64 Å². The molecule has 6 heteroatoms. The Morgan fingerprint density at radius 1 is 0.970 bits per heavy atom. The van der Waals surface area contributed by atoms with E-state index in [2.05, 4.69) is 18.2 Å². The summed E-state index contributed by atoms with van der Waals surface area (Å²) in [6.45, 7) is 2.80. The van der Waals surface area contributed by atoms with Crippen LogP contribution in [0.2, 0.25) is 0 Å². The zero-order chi connectivity index (χ0) is 22.9. The third-order valence-electron chi connectivity index (χ3n) is 6.48. The molecule has 0 fully saturated rings. The lowest BCUT2D eigenvalue weighted by atomic mass is 9.90. The minimum absolute atomic E-state index is 0.0108. The monoisotopic (exact) mass is 441 g/mol. The highest BCUT2D eigenvalue weighted by Gasteiger charge is 2.28. The molecule has 3 aromatic rings. The molecule has 2 heterocycles. The largest absolute Gasteiger partial charge is 0.492 e. The van der Waals surface area contributed by atoms with Gasteiger partial charge < -0.3 is 9.64 Å². The smallest absolute Gasteiger partial charge is 0.243 e. The quantitative estimate of drug-likeness (QED) is 0.590. The van der Waals surface area contributed by atoms with E-state index < -0.39 is 0 Å². The molecule has 33 heavy (non-hydrogen) atoms. The Balaban J connectivity index is 1.31. The number of hydrazone groups is 1. The van der Waals surface area contributed by atoms with Gasteiger partial charge in [0, 0.05) is 31.5 Å². The molecule has 6 nitrogen and oxygen atoms in total. The fraction of sp³-hybridized carbons (Fsp3) is 0.296. The Morgan fingerprint density at radius 2 is 1.79 bits per heavy atom. The predicted molar refractivity (Wildman–Crippen MR) is 130 cm³/mol. The number of hydrogen-bond acceptors (Lipinski definition) is 4. The molecule has 0 aliphatic carbocycles. The van der Waals surface area contributed by atoms with Crippen LogP contribution in [0.1, 0.15) is 30.9 Å². The van der Waals surface area contributed by atoms with E-state index in [-0.39, 0.29) is 17.7 Å². The lowest BCUT2D eigenvalue weighted by molar-refractivity contribution is -0.132. The summed E-state index contributed by atoms with van der Waals surface area (Å²) in [4.78, 5) is 26.3. The third-order valence-corrected chi connectivity index (χ3v) is 6.48. The lowest BCUT2D eigenvalue weighted by Gasteiger charge is -2.29. The molecular formula is C27H27N3O3. The van der Waals surface area contributed by atoms with Crippen LogP contribution in [-0.4, -0.2) is 42.7 Å². The van der Waals surface area contributed by atoms with E-state index in [1.165, 1.54) is 10.4 Å².